The molecule has 2 aromatic rings. The number of carbonyl (C=O) groups is 1. The highest BCUT2D eigenvalue weighted by Gasteiger charge is 2.24. The van der Waals surface area contributed by atoms with Crippen LogP contribution in [0.15, 0.2) is 48.5 Å². The van der Waals surface area contributed by atoms with Gasteiger partial charge in [0.2, 0.25) is 0 Å². The van der Waals surface area contributed by atoms with E-state index in [1.165, 1.54) is 0 Å². The molecule has 0 fully saturated rings. The van der Waals surface area contributed by atoms with E-state index in [9.17, 15) is 4.79 Å². The van der Waals surface area contributed by atoms with E-state index in [4.69, 9.17) is 10.5 Å². The summed E-state index contributed by atoms with van der Waals surface area (Å²) < 4.78 is 5.65. The van der Waals surface area contributed by atoms with Gasteiger partial charge in [-0.05, 0) is 36.2 Å². The van der Waals surface area contributed by atoms with Gasteiger partial charge in [-0.2, -0.15) is 0 Å². The second-order valence-corrected chi connectivity index (χ2v) is 5.12. The molecule has 0 aliphatic carbocycles. The molecule has 0 bridgehead atoms. The van der Waals surface area contributed by atoms with Gasteiger partial charge in [-0.25, -0.2) is 0 Å². The first-order chi connectivity index (χ1) is 10.2. The van der Waals surface area contributed by atoms with E-state index in [-0.39, 0.29) is 5.91 Å². The van der Waals surface area contributed by atoms with Crippen LogP contribution in [0.5, 0.6) is 5.75 Å². The van der Waals surface area contributed by atoms with Gasteiger partial charge in [0.05, 0.1) is 6.54 Å². The number of fused-ring (bicyclic) bond motifs is 1. The third-order valence-electron chi connectivity index (χ3n) is 3.68. The maximum atomic E-state index is 12.4. The third kappa shape index (κ3) is 2.99. The van der Waals surface area contributed by atoms with Crippen LogP contribution in [0, 0.1) is 0 Å². The molecule has 0 saturated heterocycles. The molecule has 3 rings (SSSR count). The topological polar surface area (TPSA) is 55.6 Å². The second-order valence-electron chi connectivity index (χ2n) is 5.12. The number of nitrogens with zero attached hydrogens (tertiary/aromatic N) is 1. The van der Waals surface area contributed by atoms with Gasteiger partial charge in [0.1, 0.15) is 12.4 Å². The molecule has 108 valence electrons. The number of carbonyl (C=O) groups excluding carboxylic acids is 1. The van der Waals surface area contributed by atoms with E-state index in [0.29, 0.717) is 18.8 Å². The normalized spacial score (nSPS) is 13.9. The smallest absolute Gasteiger partial charge is 0.254 e. The van der Waals surface area contributed by atoms with E-state index in [2.05, 4.69) is 0 Å². The van der Waals surface area contributed by atoms with Gasteiger partial charge in [0.25, 0.3) is 5.91 Å². The second kappa shape index (κ2) is 5.87. The van der Waals surface area contributed by atoms with Crippen molar-refractivity contribution in [3.8, 4) is 5.75 Å². The van der Waals surface area contributed by atoms with Gasteiger partial charge in [-0.15, -0.1) is 0 Å². The number of ether oxygens (including phenoxy) is 1. The zero-order valence-corrected chi connectivity index (χ0v) is 11.8. The van der Waals surface area contributed by atoms with Crippen molar-refractivity contribution in [1.29, 1.82) is 0 Å². The summed E-state index contributed by atoms with van der Waals surface area (Å²) in [6.45, 7) is 1.81. The summed E-state index contributed by atoms with van der Waals surface area (Å²) in [5.74, 6) is 0.867. The lowest BCUT2D eigenvalue weighted by molar-refractivity contribution is 0.0714. The van der Waals surface area contributed by atoms with E-state index < -0.39 is 0 Å². The van der Waals surface area contributed by atoms with Gasteiger partial charge in [0, 0.05) is 17.8 Å². The number of para-hydroxylation sites is 1. The molecule has 0 unspecified atom stereocenters. The van der Waals surface area contributed by atoms with Crippen LogP contribution in [0.25, 0.3) is 0 Å². The standard InChI is InChI=1S/C17H18N2O2/c18-14-7-6-13-8-9-19(17(20)16(13)12-14)10-11-21-15-4-2-1-3-5-15/h1-7,12H,8-11,18H2. The van der Waals surface area contributed by atoms with Gasteiger partial charge < -0.3 is 15.4 Å². The number of nitrogen functional groups attached to an aromatic ring is 1. The molecule has 0 atom stereocenters. The van der Waals surface area contributed by atoms with E-state index in [1.54, 1.807) is 6.07 Å². The highest BCUT2D eigenvalue weighted by molar-refractivity contribution is 5.97. The largest absolute Gasteiger partial charge is 0.492 e. The van der Waals surface area contributed by atoms with Crippen LogP contribution in [-0.2, 0) is 6.42 Å². The van der Waals surface area contributed by atoms with Crippen molar-refractivity contribution in [2.24, 2.45) is 0 Å². The van der Waals surface area contributed by atoms with Crippen LogP contribution in [0.4, 0.5) is 5.69 Å². The number of nitrogens with two attached hydrogens (primary N) is 1. The SMILES string of the molecule is Nc1ccc2c(c1)C(=O)N(CCOc1ccccc1)CC2. The molecule has 0 spiro atoms. The van der Waals surface area contributed by atoms with Crippen LogP contribution in [0.3, 0.4) is 0 Å². The number of rotatable bonds is 4. The molecule has 1 heterocycles. The Hall–Kier alpha value is -2.49. The number of anilines is 1. The molecule has 1 amide bonds. The van der Waals surface area contributed by atoms with Crippen LogP contribution in [0.1, 0.15) is 15.9 Å². The monoisotopic (exact) mass is 282 g/mol. The first-order valence-corrected chi connectivity index (χ1v) is 7.09. The summed E-state index contributed by atoms with van der Waals surface area (Å²) in [5, 5.41) is 0. The van der Waals surface area contributed by atoms with Gasteiger partial charge in [-0.1, -0.05) is 24.3 Å². The Labute approximate surface area is 124 Å². The van der Waals surface area contributed by atoms with Crippen molar-refractivity contribution in [3.63, 3.8) is 0 Å². The number of amides is 1. The number of hydrogen-bond acceptors (Lipinski definition) is 3. The Morgan fingerprint density at radius 2 is 1.95 bits per heavy atom. The molecule has 21 heavy (non-hydrogen) atoms. The Kier molecular flexibility index (Phi) is 3.77. The summed E-state index contributed by atoms with van der Waals surface area (Å²) in [6.07, 6.45) is 0.868. The quantitative estimate of drug-likeness (QED) is 0.876. The Morgan fingerprint density at radius 3 is 2.76 bits per heavy atom. The van der Waals surface area contributed by atoms with Crippen molar-refractivity contribution < 1.29 is 9.53 Å². The molecular weight excluding hydrogens is 264 g/mol. The molecule has 0 radical (unpaired) electrons. The zero-order chi connectivity index (χ0) is 14.7. The number of benzene rings is 2. The molecule has 1 aliphatic heterocycles. The predicted octanol–water partition coefficient (Wildman–Crippen LogP) is 2.35. The summed E-state index contributed by atoms with van der Waals surface area (Å²) in [6, 6.07) is 15.2. The Bertz CT molecular complexity index is 640. The van der Waals surface area contributed by atoms with Crippen molar-refractivity contribution in [2.45, 2.75) is 6.42 Å². The fourth-order valence-corrected chi connectivity index (χ4v) is 2.54. The zero-order valence-electron chi connectivity index (χ0n) is 11.8. The fourth-order valence-electron chi connectivity index (χ4n) is 2.54. The van der Waals surface area contributed by atoms with Crippen LogP contribution >= 0.6 is 0 Å². The molecule has 1 aliphatic rings. The minimum absolute atomic E-state index is 0.0419. The van der Waals surface area contributed by atoms with Crippen LogP contribution < -0.4 is 10.5 Å². The lowest BCUT2D eigenvalue weighted by Gasteiger charge is -2.28. The summed E-state index contributed by atoms with van der Waals surface area (Å²) >= 11 is 0. The van der Waals surface area contributed by atoms with Crippen molar-refractivity contribution in [3.05, 3.63) is 59.7 Å². The molecule has 4 heteroatoms. The van der Waals surface area contributed by atoms with Gasteiger partial charge in [0.15, 0.2) is 0 Å². The number of hydrogen-bond donors (Lipinski definition) is 1. The van der Waals surface area contributed by atoms with E-state index in [0.717, 1.165) is 29.8 Å². The lowest BCUT2D eigenvalue weighted by atomic mass is 9.98. The first kappa shape index (κ1) is 13.5. The van der Waals surface area contributed by atoms with Crippen LogP contribution in [-0.4, -0.2) is 30.5 Å². The lowest BCUT2D eigenvalue weighted by Crippen LogP contribution is -2.40. The maximum absolute atomic E-state index is 12.4. The third-order valence-corrected chi connectivity index (χ3v) is 3.68. The molecule has 2 N–H and O–H groups in total. The average Bonchev–Trinajstić information content (AvgIpc) is 2.51. The maximum Gasteiger partial charge on any atom is 0.254 e. The molecule has 0 saturated carbocycles. The molecule has 2 aromatic carbocycles. The minimum Gasteiger partial charge on any atom is -0.492 e. The predicted molar refractivity (Wildman–Crippen MR) is 82.4 cm³/mol. The summed E-state index contributed by atoms with van der Waals surface area (Å²) in [7, 11) is 0. The van der Waals surface area contributed by atoms with Crippen molar-refractivity contribution in [2.75, 3.05) is 25.4 Å². The minimum atomic E-state index is 0.0419. The Balaban J connectivity index is 1.61. The average molecular weight is 282 g/mol. The Morgan fingerprint density at radius 1 is 1.14 bits per heavy atom. The van der Waals surface area contributed by atoms with Crippen molar-refractivity contribution >= 4 is 11.6 Å². The van der Waals surface area contributed by atoms with Crippen molar-refractivity contribution in [1.82, 2.24) is 4.90 Å². The van der Waals surface area contributed by atoms with E-state index in [1.807, 2.05) is 47.4 Å². The molecule has 4 nitrogen and oxygen atoms in total. The fraction of sp³-hybridized carbons (Fsp3) is 0.235. The molecule has 0 aromatic heterocycles. The van der Waals surface area contributed by atoms with Crippen LogP contribution in [0.2, 0.25) is 0 Å². The first-order valence-electron chi connectivity index (χ1n) is 7.09. The highest BCUT2D eigenvalue weighted by Crippen LogP contribution is 2.21. The summed E-state index contributed by atoms with van der Waals surface area (Å²) in [5.41, 5.74) is 8.20. The highest BCUT2D eigenvalue weighted by atomic mass is 16.5. The van der Waals surface area contributed by atoms with E-state index >= 15 is 0 Å². The van der Waals surface area contributed by atoms with Gasteiger partial charge >= 0.3 is 0 Å². The molecular formula is C17H18N2O2. The summed E-state index contributed by atoms with van der Waals surface area (Å²) in [4.78, 5) is 14.3. The van der Waals surface area contributed by atoms with Gasteiger partial charge in [-0.3, -0.25) is 4.79 Å².